The first-order valence-corrected chi connectivity index (χ1v) is 17.6. The van der Waals surface area contributed by atoms with E-state index in [0.717, 1.165) is 37.0 Å². The van der Waals surface area contributed by atoms with Crippen molar-refractivity contribution in [2.24, 2.45) is 0 Å². The summed E-state index contributed by atoms with van der Waals surface area (Å²) in [6.45, 7) is 6.93. The first kappa shape index (κ1) is 27.5. The molecule has 2 aliphatic heterocycles. The highest BCUT2D eigenvalue weighted by molar-refractivity contribution is 6.99. The highest BCUT2D eigenvalue weighted by atomic mass is 16.4. The molecule has 4 nitrogen and oxygen atoms in total. The van der Waals surface area contributed by atoms with E-state index in [4.69, 9.17) is 8.83 Å². The topological polar surface area (TPSA) is 32.8 Å². The van der Waals surface area contributed by atoms with Crippen molar-refractivity contribution in [2.45, 2.75) is 77.6 Å². The van der Waals surface area contributed by atoms with Gasteiger partial charge in [0.2, 0.25) is 0 Å². The molecular weight excluding hydrogens is 575 g/mol. The van der Waals surface area contributed by atoms with E-state index in [9.17, 15) is 0 Å². The highest BCUT2D eigenvalue weighted by Gasteiger charge is 2.51. The number of furan rings is 2. The molecule has 4 aliphatic rings. The van der Waals surface area contributed by atoms with Crippen molar-refractivity contribution < 1.29 is 8.83 Å². The summed E-state index contributed by atoms with van der Waals surface area (Å²) in [4.78, 5) is 5.11. The lowest BCUT2D eigenvalue weighted by Gasteiger charge is -2.42. The quantitative estimate of drug-likeness (QED) is 0.182. The first-order valence-electron chi connectivity index (χ1n) is 17.6. The Morgan fingerprint density at radius 1 is 0.596 bits per heavy atom. The summed E-state index contributed by atoms with van der Waals surface area (Å²) < 4.78 is 14.3. The average molecular weight is 615 g/mol. The SMILES string of the molecule is CC(C)(C)c1cc2c3c(c1)N(c1cccc4ccccc14)c1c(oc4c1CCCC4)B3c1oc3c(c1N2c1ccccc1)CCCC3. The summed E-state index contributed by atoms with van der Waals surface area (Å²) in [7, 11) is 0. The van der Waals surface area contributed by atoms with Gasteiger partial charge in [0.1, 0.15) is 22.8 Å². The maximum Gasteiger partial charge on any atom is 0.342 e. The number of aryl methyl sites for hydroxylation is 2. The Morgan fingerprint density at radius 3 is 1.85 bits per heavy atom. The van der Waals surface area contributed by atoms with E-state index in [1.165, 1.54) is 104 Å². The number of benzene rings is 4. The molecule has 5 heteroatoms. The molecule has 4 heterocycles. The molecule has 0 fully saturated rings. The molecule has 2 aromatic heterocycles. The van der Waals surface area contributed by atoms with Gasteiger partial charge in [-0.25, -0.2) is 0 Å². The fourth-order valence-corrected chi connectivity index (χ4v) is 8.87. The summed E-state index contributed by atoms with van der Waals surface area (Å²) in [6.07, 6.45) is 8.82. The fraction of sp³-hybridized carbons (Fsp3) is 0.286. The number of anilines is 6. The van der Waals surface area contributed by atoms with Crippen LogP contribution in [0, 0.1) is 0 Å². The molecule has 4 aromatic carbocycles. The Kier molecular flexibility index (Phi) is 5.81. The van der Waals surface area contributed by atoms with Crippen LogP contribution in [0.2, 0.25) is 0 Å². The number of para-hydroxylation sites is 1. The van der Waals surface area contributed by atoms with Gasteiger partial charge in [-0.15, -0.1) is 0 Å². The number of hydrogen-bond acceptors (Lipinski definition) is 4. The Morgan fingerprint density at radius 2 is 1.17 bits per heavy atom. The molecule has 47 heavy (non-hydrogen) atoms. The van der Waals surface area contributed by atoms with Crippen molar-refractivity contribution in [1.82, 2.24) is 0 Å². The van der Waals surface area contributed by atoms with Crippen LogP contribution in [0.4, 0.5) is 34.1 Å². The van der Waals surface area contributed by atoms with Crippen LogP contribution in [0.5, 0.6) is 0 Å². The molecule has 0 N–H and O–H groups in total. The van der Waals surface area contributed by atoms with E-state index < -0.39 is 0 Å². The van der Waals surface area contributed by atoms with Crippen molar-refractivity contribution >= 4 is 68.4 Å². The number of nitrogens with zero attached hydrogens (tertiary/aromatic N) is 2. The molecule has 0 amide bonds. The second-order valence-corrected chi connectivity index (χ2v) is 15.0. The molecule has 0 saturated carbocycles. The van der Waals surface area contributed by atoms with Crippen LogP contribution in [0.3, 0.4) is 0 Å². The molecule has 0 radical (unpaired) electrons. The van der Waals surface area contributed by atoms with Crippen LogP contribution in [0.25, 0.3) is 10.8 Å². The lowest BCUT2D eigenvalue weighted by atomic mass is 9.37. The standard InChI is InChI=1S/C42H39BN2O2/c1-42(2,3)27-24-33-37-34(25-27)45(32-21-13-15-26-14-7-8-18-29(26)32)39-31-20-10-12-23-36(31)47-41(39)43(37)40-38(30-19-9-11-22-35(30)46-40)44(33)28-16-5-4-6-17-28/h4-8,13-18,21,24-25H,9-12,19-20,22-23H2,1-3H3. The van der Waals surface area contributed by atoms with Gasteiger partial charge in [-0.3, -0.25) is 0 Å². The van der Waals surface area contributed by atoms with Crippen LogP contribution >= 0.6 is 0 Å². The van der Waals surface area contributed by atoms with E-state index in [0.29, 0.717) is 0 Å². The van der Waals surface area contributed by atoms with Gasteiger partial charge < -0.3 is 18.6 Å². The minimum Gasteiger partial charge on any atom is -0.473 e. The predicted octanol–water partition coefficient (Wildman–Crippen LogP) is 9.16. The van der Waals surface area contributed by atoms with Gasteiger partial charge in [0, 0.05) is 46.4 Å². The van der Waals surface area contributed by atoms with Crippen molar-refractivity contribution in [1.29, 1.82) is 0 Å². The van der Waals surface area contributed by atoms with Gasteiger partial charge >= 0.3 is 6.71 Å². The zero-order valence-electron chi connectivity index (χ0n) is 27.5. The lowest BCUT2D eigenvalue weighted by molar-refractivity contribution is 0.491. The molecule has 0 bridgehead atoms. The zero-order chi connectivity index (χ0) is 31.4. The van der Waals surface area contributed by atoms with Gasteiger partial charge in [-0.05, 0) is 90.7 Å². The maximum absolute atomic E-state index is 7.15. The molecule has 6 aromatic rings. The van der Waals surface area contributed by atoms with Crippen molar-refractivity contribution in [2.75, 3.05) is 9.80 Å². The van der Waals surface area contributed by atoms with Crippen LogP contribution in [-0.4, -0.2) is 6.71 Å². The third-order valence-corrected chi connectivity index (χ3v) is 11.1. The molecule has 0 saturated heterocycles. The number of hydrogen-bond donors (Lipinski definition) is 0. The first-order chi connectivity index (χ1) is 23.0. The largest absolute Gasteiger partial charge is 0.473 e. The minimum atomic E-state index is -0.0959. The van der Waals surface area contributed by atoms with Crippen molar-refractivity contribution in [3.63, 3.8) is 0 Å². The van der Waals surface area contributed by atoms with Crippen molar-refractivity contribution in [3.05, 3.63) is 113 Å². The highest BCUT2D eigenvalue weighted by Crippen LogP contribution is 2.51. The van der Waals surface area contributed by atoms with E-state index in [-0.39, 0.29) is 12.1 Å². The average Bonchev–Trinajstić information content (AvgIpc) is 3.67. The Labute approximate surface area is 277 Å². The minimum absolute atomic E-state index is 0.0555. The van der Waals surface area contributed by atoms with Gasteiger partial charge in [-0.2, -0.15) is 0 Å². The van der Waals surface area contributed by atoms with Crippen LogP contribution in [-0.2, 0) is 31.1 Å². The summed E-state index contributed by atoms with van der Waals surface area (Å²) in [6, 6.07) is 31.5. The van der Waals surface area contributed by atoms with Gasteiger partial charge in [0.05, 0.1) is 17.1 Å². The van der Waals surface area contributed by atoms with E-state index >= 15 is 0 Å². The number of fused-ring (bicyclic) bond motifs is 9. The van der Waals surface area contributed by atoms with Crippen LogP contribution < -0.4 is 26.6 Å². The van der Waals surface area contributed by atoms with Crippen LogP contribution in [0.15, 0.2) is 93.8 Å². The zero-order valence-corrected chi connectivity index (χ0v) is 27.5. The van der Waals surface area contributed by atoms with Gasteiger partial charge in [0.25, 0.3) is 0 Å². The van der Waals surface area contributed by atoms with E-state index in [1.807, 2.05) is 0 Å². The molecular formula is C42H39BN2O2. The summed E-state index contributed by atoms with van der Waals surface area (Å²) >= 11 is 0. The van der Waals surface area contributed by atoms with Gasteiger partial charge in [-0.1, -0.05) is 75.4 Å². The fourth-order valence-electron chi connectivity index (χ4n) is 8.87. The Hall–Kier alpha value is -4.64. The second kappa shape index (κ2) is 9.93. The van der Waals surface area contributed by atoms with Gasteiger partial charge in [0.15, 0.2) is 0 Å². The monoisotopic (exact) mass is 614 g/mol. The third-order valence-electron chi connectivity index (χ3n) is 11.1. The second-order valence-electron chi connectivity index (χ2n) is 15.0. The molecule has 0 unspecified atom stereocenters. The summed E-state index contributed by atoms with van der Waals surface area (Å²) in [5.74, 6) is 2.34. The molecule has 0 spiro atoms. The lowest BCUT2D eigenvalue weighted by Crippen LogP contribution is -2.60. The predicted molar refractivity (Wildman–Crippen MR) is 194 cm³/mol. The normalized spacial score (nSPS) is 16.4. The number of rotatable bonds is 2. The maximum atomic E-state index is 7.15. The van der Waals surface area contributed by atoms with Crippen LogP contribution in [0.1, 0.15) is 74.7 Å². The third kappa shape index (κ3) is 3.89. The summed E-state index contributed by atoms with van der Waals surface area (Å²) in [5.41, 5.74) is 14.8. The molecule has 232 valence electrons. The van der Waals surface area contributed by atoms with Crippen molar-refractivity contribution in [3.8, 4) is 0 Å². The summed E-state index contributed by atoms with van der Waals surface area (Å²) in [5, 5.41) is 2.50. The smallest absolute Gasteiger partial charge is 0.342 e. The Balaban J connectivity index is 1.37. The molecule has 10 rings (SSSR count). The molecule has 2 aliphatic carbocycles. The Bertz CT molecular complexity index is 2210. The van der Waals surface area contributed by atoms with E-state index in [1.54, 1.807) is 0 Å². The van der Waals surface area contributed by atoms with E-state index in [2.05, 4.69) is 116 Å². The molecule has 0 atom stereocenters.